The number of alkyl halides is 2. The number of carbonyl (C=O) groups excluding carboxylic acids is 1. The molecule has 8 aromatic heterocycles. The van der Waals surface area contributed by atoms with Gasteiger partial charge in [-0.25, -0.2) is 47.9 Å². The van der Waals surface area contributed by atoms with Crippen molar-refractivity contribution in [3.8, 4) is 56.5 Å². The van der Waals surface area contributed by atoms with E-state index in [-0.39, 0.29) is 111 Å². The number of hydrogen-bond donors (Lipinski definition) is 3. The Balaban J connectivity index is 0.000000277. The van der Waals surface area contributed by atoms with E-state index in [1.165, 1.54) is 5.56 Å². The molecule has 0 amide bonds. The fourth-order valence-electron chi connectivity index (χ4n) is 9.70. The fourth-order valence-corrected chi connectivity index (χ4v) is 9.70. The number of aryl methyl sites for hydroxylation is 2. The van der Waals surface area contributed by atoms with Gasteiger partial charge in [-0.15, -0.1) is 0 Å². The quantitative estimate of drug-likeness (QED) is 0.0212. The minimum absolute atomic E-state index is 0. The van der Waals surface area contributed by atoms with Crippen molar-refractivity contribution in [1.29, 1.82) is 0 Å². The molecular weight excluding hydrogens is 1250 g/mol. The van der Waals surface area contributed by atoms with Gasteiger partial charge in [0.2, 0.25) is 0 Å². The van der Waals surface area contributed by atoms with Crippen LogP contribution in [0.1, 0.15) is 39.6 Å². The molecule has 0 radical (unpaired) electrons. The Labute approximate surface area is 612 Å². The van der Waals surface area contributed by atoms with Crippen LogP contribution in [0.15, 0.2) is 147 Å². The van der Waals surface area contributed by atoms with Gasteiger partial charge in [-0.3, -0.25) is 32.2 Å². The zero-order valence-corrected chi connectivity index (χ0v) is 58.0. The molecule has 2 aromatic carbocycles. The number of carbonyl (C=O) groups is 1. The molecule has 0 spiro atoms. The van der Waals surface area contributed by atoms with Gasteiger partial charge in [0.15, 0.2) is 0 Å². The summed E-state index contributed by atoms with van der Waals surface area (Å²) in [5.41, 5.74) is 12.3. The average Bonchev–Trinajstić information content (AvgIpc) is 2.22. The number of piperidine rings is 2. The molecule has 452 valence electrons. The summed E-state index contributed by atoms with van der Waals surface area (Å²) in [6.07, 6.45) is 23.0. The summed E-state index contributed by atoms with van der Waals surface area (Å²) in [7, 11) is 2.84. The number of fused-ring (bicyclic) bond motifs is 2. The van der Waals surface area contributed by atoms with E-state index in [2.05, 4.69) is 140 Å². The molecule has 10 aromatic rings. The molecule has 0 bridgehead atoms. The predicted molar refractivity (Wildman–Crippen MR) is 332 cm³/mol. The van der Waals surface area contributed by atoms with Crippen molar-refractivity contribution >= 4 is 45.3 Å². The molecule has 0 aliphatic carbocycles. The van der Waals surface area contributed by atoms with Gasteiger partial charge in [0.05, 0.1) is 69.3 Å². The fraction of sp³-hybridized carbons (Fsp3) is 0.306. The number of likely N-dealkylation sites (tertiary alicyclic amines) is 1. The van der Waals surface area contributed by atoms with Gasteiger partial charge in [0, 0.05) is 116 Å². The Morgan fingerprint density at radius 1 is 0.685 bits per heavy atom. The van der Waals surface area contributed by atoms with Crippen molar-refractivity contribution < 1.29 is 134 Å². The van der Waals surface area contributed by atoms with Gasteiger partial charge in [-0.1, -0.05) is 48.5 Å². The van der Waals surface area contributed by atoms with Crippen LogP contribution in [0.2, 0.25) is 0 Å². The van der Waals surface area contributed by atoms with Crippen LogP contribution in [-0.2, 0) is 36.9 Å². The topological polar surface area (TPSA) is 238 Å². The second kappa shape index (κ2) is 38.3. The van der Waals surface area contributed by atoms with Gasteiger partial charge in [0.25, 0.3) is 18.6 Å². The third-order valence-corrected chi connectivity index (χ3v) is 14.5. The summed E-state index contributed by atoms with van der Waals surface area (Å²) in [5, 5.41) is 27.1. The van der Waals surface area contributed by atoms with E-state index in [0.29, 0.717) is 43.7 Å². The summed E-state index contributed by atoms with van der Waals surface area (Å²) in [5.74, 6) is 4.30. The Hall–Kier alpha value is -6.39. The van der Waals surface area contributed by atoms with Crippen LogP contribution in [0.3, 0.4) is 0 Å². The van der Waals surface area contributed by atoms with Gasteiger partial charge in [-0.05, 0) is 85.0 Å². The first-order valence-corrected chi connectivity index (χ1v) is 28.9. The van der Waals surface area contributed by atoms with Crippen LogP contribution in [0.5, 0.6) is 11.5 Å². The number of ether oxygens (including phenoxy) is 2. The molecule has 10 heterocycles. The van der Waals surface area contributed by atoms with Crippen molar-refractivity contribution in [2.24, 2.45) is 25.9 Å². The maximum absolute atomic E-state index is 9.96. The van der Waals surface area contributed by atoms with E-state index >= 15 is 0 Å². The summed E-state index contributed by atoms with van der Waals surface area (Å²) >= 11 is 2.89. The molecule has 12 rings (SSSR count). The largest absolute Gasteiger partial charge is 1.00 e. The normalized spacial score (nSPS) is 13.0. The summed E-state index contributed by atoms with van der Waals surface area (Å²) in [6.45, 7) is 20.2. The van der Waals surface area contributed by atoms with Crippen molar-refractivity contribution in [2.45, 2.75) is 38.8 Å². The number of benzene rings is 2. The van der Waals surface area contributed by atoms with E-state index < -0.39 is 7.15 Å². The summed E-state index contributed by atoms with van der Waals surface area (Å²) < 4.78 is 35.3. The van der Waals surface area contributed by atoms with E-state index in [0.717, 1.165) is 143 Å². The minimum atomic E-state index is -1.00. The van der Waals surface area contributed by atoms with Crippen LogP contribution in [-0.4, -0.2) is 128 Å². The predicted octanol–water partition coefficient (Wildman–Crippen LogP) is 3.35. The second-order valence-corrected chi connectivity index (χ2v) is 20.6. The zero-order valence-electron chi connectivity index (χ0n) is 52.2. The number of imidazole rings is 2. The van der Waals surface area contributed by atoms with Crippen LogP contribution in [0, 0.1) is 25.0 Å². The molecule has 89 heavy (non-hydrogen) atoms. The molecule has 0 atom stereocenters. The molecule has 3 N–H and O–H groups in total. The first kappa shape index (κ1) is 70.1. The Morgan fingerprint density at radius 2 is 1.12 bits per heavy atom. The maximum atomic E-state index is 9.96. The van der Waals surface area contributed by atoms with Crippen molar-refractivity contribution in [3.63, 3.8) is 0 Å². The van der Waals surface area contributed by atoms with Crippen molar-refractivity contribution in [2.75, 3.05) is 69.3 Å². The number of rotatable bonds is 18. The molecular formula is C62H68BrFK2N18O5. The number of nitrogens with one attached hydrogen (secondary N) is 3. The monoisotopic (exact) mass is 1320 g/mol. The molecule has 2 aliphatic rings. The number of halogens is 2. The number of nitrogens with zero attached hydrogens (tertiary/aromatic N) is 15. The van der Waals surface area contributed by atoms with Gasteiger partial charge in [-0.2, -0.15) is 10.2 Å². The van der Waals surface area contributed by atoms with Crippen molar-refractivity contribution in [1.82, 2.24) is 68.5 Å². The SMILES string of the molecule is Cn1cc(-c2ccc(CNc3cc(-c4cnc5cc(OCC6CCNCC6)ccn45)ncn3)cc2)cn1.O=CO[O-].[2H]CF.[C-]#[N+]CBr.[C-]#[N+]CN1CCC(COc2ccn3c(-c4cc(NCc5ccc(-c6cnn(C)c6)cc5)ncn4)cnc3c2)CC1.[H-].[K+].[K+]. The molecule has 0 saturated carbocycles. The summed E-state index contributed by atoms with van der Waals surface area (Å²) in [6, 6.07) is 28.7. The Bertz CT molecular complexity index is 3860. The third kappa shape index (κ3) is 21.6. The van der Waals surface area contributed by atoms with Crippen LogP contribution in [0.25, 0.3) is 66.0 Å². The van der Waals surface area contributed by atoms with E-state index in [4.69, 9.17) is 34.0 Å². The van der Waals surface area contributed by atoms with E-state index in [9.17, 15) is 4.39 Å². The third-order valence-electron chi connectivity index (χ3n) is 14.3. The molecule has 27 heteroatoms. The maximum Gasteiger partial charge on any atom is 1.00 e. The van der Waals surface area contributed by atoms with Crippen LogP contribution < -0.4 is 133 Å². The molecule has 2 saturated heterocycles. The van der Waals surface area contributed by atoms with Gasteiger partial charge >= 0.3 is 103 Å². The molecule has 2 aliphatic heterocycles. The van der Waals surface area contributed by atoms with E-state index in [1.807, 2.05) is 114 Å². The molecule has 0 unspecified atom stereocenters. The number of anilines is 2. The zero-order chi connectivity index (χ0) is 61.9. The summed E-state index contributed by atoms with van der Waals surface area (Å²) in [4.78, 5) is 46.9. The number of hydrogen-bond acceptors (Lipinski definition) is 17. The van der Waals surface area contributed by atoms with Crippen LogP contribution >= 0.6 is 15.9 Å². The van der Waals surface area contributed by atoms with Crippen molar-refractivity contribution in [3.05, 3.63) is 181 Å². The van der Waals surface area contributed by atoms with Crippen LogP contribution in [0.4, 0.5) is 16.0 Å². The Kier molecular flexibility index (Phi) is 30.2. The minimum Gasteiger partial charge on any atom is -1.00 e. The number of aromatic nitrogens is 12. The molecule has 23 nitrogen and oxygen atoms in total. The smallest absolute Gasteiger partial charge is 1.00 e. The molecule has 2 fully saturated rings. The van der Waals surface area contributed by atoms with Gasteiger partial charge < -0.3 is 41.8 Å². The standard InChI is InChI=1S/C30H31N9O.C28H30N8O.C2H2BrN.CH3F.CH2O3.2K.H/c1-31-21-38-10-7-23(8-11-38)19-40-26-9-12-39-28(17-33-30(39)13-26)27-14-29(35-20-34-27)32-15-22-3-5-24(6-4-22)25-16-36-37(2)18-25;1-35-17-23(15-34-35)22-4-2-20(3-5-22)14-30-27-13-25(32-19-33-27)26-16-31-28-12-24(8-11-36(26)28)37-18-21-6-9-29-10-7-21;1-4-2-3;1-2;2-1-4-3;;;/h3-6,9,12-14,16-18,20,23H,7-8,10-11,15,19,21H2,2H3,(H,32,34,35);2-5,8,11-13,15-17,19,21,29H,6-7,9-10,14,18H2,1H3,(H,30,32,33);2H2;1H3;1,3H;;;/q;;;;;2*+1;-1/p-1/i;;;1D;;;;. The average molecular weight is 1320 g/mol. The Morgan fingerprint density at radius 3 is 1.52 bits per heavy atom. The number of pyridine rings is 2. The second-order valence-electron chi connectivity index (χ2n) is 20.1. The van der Waals surface area contributed by atoms with Gasteiger partial charge in [0.1, 0.15) is 47.1 Å². The van der Waals surface area contributed by atoms with E-state index in [1.54, 1.807) is 17.3 Å². The first-order chi connectivity index (χ1) is 43.1. The first-order valence-electron chi connectivity index (χ1n) is 28.5.